The third-order valence-electron chi connectivity index (χ3n) is 4.49. The Morgan fingerprint density at radius 3 is 2.22 bits per heavy atom. The number of unbranched alkanes of at least 4 members (excludes halogenated alkanes) is 1. The molecule has 0 spiro atoms. The number of carboxylic acid groups (broad SMARTS) is 1. The minimum atomic E-state index is -0.933. The molecule has 6 nitrogen and oxygen atoms in total. The Morgan fingerprint density at radius 2 is 1.74 bits per heavy atom. The third-order valence-corrected chi connectivity index (χ3v) is 4.49. The second-order valence-corrected chi connectivity index (χ2v) is 8.58. The molecule has 1 saturated heterocycles. The van der Waals surface area contributed by atoms with Gasteiger partial charge in [0.15, 0.2) is 0 Å². The largest absolute Gasteiger partial charge is 0.490 e. The van der Waals surface area contributed by atoms with E-state index < -0.39 is 12.0 Å². The SMILES string of the molecule is CC1(C)CC(Oc2ccccc2)CC(C)(C)N1.NCCCC[C@H](N)C(=O)O. The summed E-state index contributed by atoms with van der Waals surface area (Å²) < 4.78 is 6.09. The number of ether oxygens (including phenoxy) is 1. The molecular weight excluding hydrogens is 342 g/mol. The first-order chi connectivity index (χ1) is 12.5. The van der Waals surface area contributed by atoms with E-state index in [1.807, 2.05) is 30.3 Å². The van der Waals surface area contributed by atoms with Crippen LogP contribution in [0.5, 0.6) is 5.75 Å². The van der Waals surface area contributed by atoms with Gasteiger partial charge in [0.1, 0.15) is 17.9 Å². The molecule has 6 heteroatoms. The second-order valence-electron chi connectivity index (χ2n) is 8.58. The number of hydrogen-bond donors (Lipinski definition) is 4. The molecule has 1 heterocycles. The van der Waals surface area contributed by atoms with Crippen LogP contribution in [0.25, 0.3) is 0 Å². The number of carboxylic acids is 1. The summed E-state index contributed by atoms with van der Waals surface area (Å²) in [6.07, 6.45) is 4.55. The lowest BCUT2D eigenvalue weighted by atomic mass is 9.81. The summed E-state index contributed by atoms with van der Waals surface area (Å²) in [5, 5.41) is 12.0. The Kier molecular flexibility index (Phi) is 9.22. The van der Waals surface area contributed by atoms with Gasteiger partial charge in [-0.2, -0.15) is 0 Å². The van der Waals surface area contributed by atoms with Gasteiger partial charge in [0, 0.05) is 23.9 Å². The molecule has 1 aliphatic rings. The Morgan fingerprint density at radius 1 is 1.19 bits per heavy atom. The van der Waals surface area contributed by atoms with Gasteiger partial charge in [0.25, 0.3) is 0 Å². The van der Waals surface area contributed by atoms with Crippen molar-refractivity contribution in [2.24, 2.45) is 11.5 Å². The molecule has 1 aliphatic heterocycles. The molecule has 27 heavy (non-hydrogen) atoms. The highest BCUT2D eigenvalue weighted by atomic mass is 16.5. The van der Waals surface area contributed by atoms with Gasteiger partial charge in [-0.25, -0.2) is 0 Å². The average Bonchev–Trinajstić information content (AvgIpc) is 2.53. The minimum absolute atomic E-state index is 0.140. The third kappa shape index (κ3) is 9.75. The van der Waals surface area contributed by atoms with Gasteiger partial charge in [-0.1, -0.05) is 24.6 Å². The van der Waals surface area contributed by atoms with E-state index in [0.29, 0.717) is 19.1 Å². The molecule has 6 N–H and O–H groups in total. The van der Waals surface area contributed by atoms with Gasteiger partial charge in [-0.15, -0.1) is 0 Å². The van der Waals surface area contributed by atoms with Crippen LogP contribution in [0.2, 0.25) is 0 Å². The van der Waals surface area contributed by atoms with E-state index in [4.69, 9.17) is 21.3 Å². The van der Waals surface area contributed by atoms with Crippen LogP contribution >= 0.6 is 0 Å². The average molecular weight is 380 g/mol. The summed E-state index contributed by atoms with van der Waals surface area (Å²) in [6, 6.07) is 9.40. The zero-order valence-corrected chi connectivity index (χ0v) is 17.2. The smallest absolute Gasteiger partial charge is 0.320 e. The van der Waals surface area contributed by atoms with Crippen molar-refractivity contribution in [3.63, 3.8) is 0 Å². The van der Waals surface area contributed by atoms with E-state index >= 15 is 0 Å². The topological polar surface area (TPSA) is 111 Å². The van der Waals surface area contributed by atoms with Crippen molar-refractivity contribution in [3.8, 4) is 5.75 Å². The number of hydrogen-bond acceptors (Lipinski definition) is 5. The van der Waals surface area contributed by atoms with Crippen LogP contribution in [0, 0.1) is 0 Å². The molecule has 0 radical (unpaired) electrons. The molecule has 0 amide bonds. The second kappa shape index (κ2) is 10.6. The first kappa shape index (κ1) is 23.4. The van der Waals surface area contributed by atoms with Gasteiger partial charge in [-0.05, 0) is 59.2 Å². The van der Waals surface area contributed by atoms with Crippen LogP contribution in [0.1, 0.15) is 59.8 Å². The van der Waals surface area contributed by atoms with E-state index in [9.17, 15) is 4.79 Å². The van der Waals surface area contributed by atoms with E-state index in [2.05, 4.69) is 33.0 Å². The van der Waals surface area contributed by atoms with Gasteiger partial charge >= 0.3 is 5.97 Å². The Hall–Kier alpha value is -1.63. The molecule has 154 valence electrons. The predicted molar refractivity (Wildman–Crippen MR) is 110 cm³/mol. The number of rotatable bonds is 7. The van der Waals surface area contributed by atoms with Crippen molar-refractivity contribution < 1.29 is 14.6 Å². The van der Waals surface area contributed by atoms with Crippen LogP contribution in [0.15, 0.2) is 30.3 Å². The number of benzene rings is 1. The van der Waals surface area contributed by atoms with Crippen molar-refractivity contribution in [3.05, 3.63) is 30.3 Å². The van der Waals surface area contributed by atoms with Crippen LogP contribution in [-0.2, 0) is 4.79 Å². The first-order valence-corrected chi connectivity index (χ1v) is 9.74. The van der Waals surface area contributed by atoms with E-state index in [0.717, 1.165) is 31.4 Å². The number of piperidine rings is 1. The monoisotopic (exact) mass is 379 g/mol. The maximum Gasteiger partial charge on any atom is 0.320 e. The molecule has 0 unspecified atom stereocenters. The lowest BCUT2D eigenvalue weighted by Crippen LogP contribution is -2.60. The maximum absolute atomic E-state index is 10.1. The van der Waals surface area contributed by atoms with E-state index in [-0.39, 0.29) is 11.1 Å². The van der Waals surface area contributed by atoms with E-state index in [1.54, 1.807) is 0 Å². The number of nitrogens with one attached hydrogen (secondary N) is 1. The number of nitrogens with two attached hydrogens (primary N) is 2. The quantitative estimate of drug-likeness (QED) is 0.542. The lowest BCUT2D eigenvalue weighted by molar-refractivity contribution is -0.138. The van der Waals surface area contributed by atoms with Gasteiger partial charge in [0.05, 0.1) is 0 Å². The molecule has 1 atom stereocenters. The molecule has 0 aromatic heterocycles. The van der Waals surface area contributed by atoms with Crippen LogP contribution in [0.4, 0.5) is 0 Å². The fourth-order valence-corrected chi connectivity index (χ4v) is 3.64. The van der Waals surface area contributed by atoms with Gasteiger partial charge in [-0.3, -0.25) is 4.79 Å². The van der Waals surface area contributed by atoms with Crippen molar-refractivity contribution in [1.82, 2.24) is 5.32 Å². The fourth-order valence-electron chi connectivity index (χ4n) is 3.64. The summed E-state index contributed by atoms with van der Waals surface area (Å²) in [4.78, 5) is 10.1. The summed E-state index contributed by atoms with van der Waals surface area (Å²) in [6.45, 7) is 9.58. The minimum Gasteiger partial charge on any atom is -0.490 e. The molecule has 0 bridgehead atoms. The highest BCUT2D eigenvalue weighted by molar-refractivity contribution is 5.72. The molecule has 1 fully saturated rings. The van der Waals surface area contributed by atoms with Crippen LogP contribution in [-0.4, -0.2) is 40.8 Å². The highest BCUT2D eigenvalue weighted by Gasteiger charge is 2.38. The summed E-state index contributed by atoms with van der Waals surface area (Å²) >= 11 is 0. The standard InChI is InChI=1S/C15H23NO.C6H14N2O2/c1-14(2)10-13(11-15(3,4)16-14)17-12-8-6-5-7-9-12;7-4-2-1-3-5(8)6(9)10/h5-9,13,16H,10-11H2,1-4H3;5H,1-4,7-8H2,(H,9,10)/t;5-/m.0/s1. The fraction of sp³-hybridized carbons (Fsp3) is 0.667. The Bertz CT molecular complexity index is 545. The summed E-state index contributed by atoms with van der Waals surface area (Å²) in [5.74, 6) is 0.0445. The maximum atomic E-state index is 10.1. The normalized spacial score (nSPS) is 19.5. The van der Waals surface area contributed by atoms with Gasteiger partial charge < -0.3 is 26.6 Å². The zero-order chi connectivity index (χ0) is 20.5. The Balaban J connectivity index is 0.000000314. The summed E-state index contributed by atoms with van der Waals surface area (Å²) in [7, 11) is 0. The first-order valence-electron chi connectivity index (χ1n) is 9.74. The van der Waals surface area contributed by atoms with Crippen LogP contribution < -0.4 is 21.5 Å². The Labute approximate surface area is 163 Å². The van der Waals surface area contributed by atoms with Crippen LogP contribution in [0.3, 0.4) is 0 Å². The highest BCUT2D eigenvalue weighted by Crippen LogP contribution is 2.31. The molecule has 0 aliphatic carbocycles. The van der Waals surface area contributed by atoms with Crippen molar-refractivity contribution >= 4 is 5.97 Å². The molecule has 0 saturated carbocycles. The number of para-hydroxylation sites is 1. The number of aliphatic carboxylic acids is 1. The van der Waals surface area contributed by atoms with Gasteiger partial charge in [0.2, 0.25) is 0 Å². The van der Waals surface area contributed by atoms with E-state index in [1.165, 1.54) is 0 Å². The number of carbonyl (C=O) groups is 1. The molecular formula is C21H37N3O3. The molecule has 1 aromatic rings. The van der Waals surface area contributed by atoms with Crippen molar-refractivity contribution in [1.29, 1.82) is 0 Å². The zero-order valence-electron chi connectivity index (χ0n) is 17.2. The predicted octanol–water partition coefficient (Wildman–Crippen LogP) is 2.90. The van der Waals surface area contributed by atoms with Crippen molar-refractivity contribution in [2.75, 3.05) is 6.54 Å². The summed E-state index contributed by atoms with van der Waals surface area (Å²) in [5.41, 5.74) is 10.7. The molecule has 1 aromatic carbocycles. The lowest BCUT2D eigenvalue weighted by Gasteiger charge is -2.46. The molecule has 2 rings (SSSR count). The van der Waals surface area contributed by atoms with Crippen molar-refractivity contribution in [2.45, 2.75) is 83.0 Å².